The molecule has 0 spiro atoms. The zero-order valence-corrected chi connectivity index (χ0v) is 11.7. The van der Waals surface area contributed by atoms with E-state index in [1.54, 1.807) is 14.2 Å². The fourth-order valence-electron chi connectivity index (χ4n) is 1.91. The average molecular weight is 264 g/mol. The largest absolute Gasteiger partial charge is 0.496 e. The summed E-state index contributed by atoms with van der Waals surface area (Å²) in [7, 11) is 3.32. The molecule has 0 saturated heterocycles. The Labute approximate surface area is 110 Å². The third-order valence-electron chi connectivity index (χ3n) is 2.97. The van der Waals surface area contributed by atoms with Gasteiger partial charge in [-0.2, -0.15) is 0 Å². The zero-order valence-electron chi connectivity index (χ0n) is 10.9. The fraction of sp³-hybridized carbons (Fsp3) is 0.308. The van der Waals surface area contributed by atoms with Crippen molar-refractivity contribution < 1.29 is 9.47 Å². The molecule has 0 aliphatic heterocycles. The van der Waals surface area contributed by atoms with E-state index in [-0.39, 0.29) is 0 Å². The standard InChI is InChI=1S/C13H16N2O2S/c1-7-8(2)12(17-4)9(5-10(7)16-3)13-15-11(14)6-18-13/h5-6H,14H2,1-4H3. The van der Waals surface area contributed by atoms with Gasteiger partial charge in [-0.25, -0.2) is 4.98 Å². The Kier molecular flexibility index (Phi) is 3.43. The molecule has 0 bridgehead atoms. The number of nitrogen functional groups attached to an aromatic ring is 1. The molecule has 1 aromatic carbocycles. The van der Waals surface area contributed by atoms with Gasteiger partial charge >= 0.3 is 0 Å². The van der Waals surface area contributed by atoms with Crippen molar-refractivity contribution in [3.05, 3.63) is 22.6 Å². The first-order chi connectivity index (χ1) is 8.58. The predicted molar refractivity (Wildman–Crippen MR) is 74.5 cm³/mol. The molecule has 18 heavy (non-hydrogen) atoms. The van der Waals surface area contributed by atoms with Gasteiger partial charge in [-0.3, -0.25) is 0 Å². The molecule has 0 aliphatic rings. The number of methoxy groups -OCH3 is 2. The van der Waals surface area contributed by atoms with E-state index in [4.69, 9.17) is 15.2 Å². The van der Waals surface area contributed by atoms with Gasteiger partial charge < -0.3 is 15.2 Å². The lowest BCUT2D eigenvalue weighted by molar-refractivity contribution is 0.399. The number of nitrogens with two attached hydrogens (primary N) is 1. The molecule has 4 nitrogen and oxygen atoms in total. The van der Waals surface area contributed by atoms with Gasteiger partial charge in [-0.15, -0.1) is 11.3 Å². The number of benzene rings is 1. The monoisotopic (exact) mass is 264 g/mol. The molecule has 0 atom stereocenters. The molecule has 96 valence electrons. The van der Waals surface area contributed by atoms with E-state index in [1.807, 2.05) is 25.3 Å². The van der Waals surface area contributed by atoms with Gasteiger partial charge in [0.25, 0.3) is 0 Å². The van der Waals surface area contributed by atoms with E-state index in [0.29, 0.717) is 5.82 Å². The highest BCUT2D eigenvalue weighted by Gasteiger charge is 2.17. The summed E-state index contributed by atoms with van der Waals surface area (Å²) in [6, 6.07) is 1.94. The van der Waals surface area contributed by atoms with Crippen molar-refractivity contribution in [3.63, 3.8) is 0 Å². The van der Waals surface area contributed by atoms with E-state index in [0.717, 1.165) is 33.2 Å². The molecule has 5 heteroatoms. The Morgan fingerprint density at radius 3 is 2.39 bits per heavy atom. The molecule has 1 aromatic heterocycles. The number of aromatic nitrogens is 1. The van der Waals surface area contributed by atoms with Crippen LogP contribution in [0.1, 0.15) is 11.1 Å². The molecule has 0 aliphatic carbocycles. The van der Waals surface area contributed by atoms with Crippen molar-refractivity contribution in [3.8, 4) is 22.1 Å². The Morgan fingerprint density at radius 2 is 1.89 bits per heavy atom. The highest BCUT2D eigenvalue weighted by atomic mass is 32.1. The molecule has 0 amide bonds. The molecule has 1 heterocycles. The first-order valence-electron chi connectivity index (χ1n) is 5.52. The van der Waals surface area contributed by atoms with E-state index in [2.05, 4.69) is 4.98 Å². The lowest BCUT2D eigenvalue weighted by Gasteiger charge is -2.15. The fourth-order valence-corrected chi connectivity index (χ4v) is 2.63. The Balaban J connectivity index is 2.69. The number of ether oxygens (including phenoxy) is 2. The lowest BCUT2D eigenvalue weighted by Crippen LogP contribution is -1.97. The van der Waals surface area contributed by atoms with Crippen LogP contribution in [0.25, 0.3) is 10.6 Å². The van der Waals surface area contributed by atoms with Gasteiger partial charge in [0, 0.05) is 5.38 Å². The third-order valence-corrected chi connectivity index (χ3v) is 3.86. The van der Waals surface area contributed by atoms with Gasteiger partial charge in [0.1, 0.15) is 22.3 Å². The second kappa shape index (κ2) is 4.86. The van der Waals surface area contributed by atoms with Gasteiger partial charge in [0.05, 0.1) is 19.8 Å². The number of thiazole rings is 1. The molecule has 0 unspecified atom stereocenters. The van der Waals surface area contributed by atoms with E-state index in [9.17, 15) is 0 Å². The summed E-state index contributed by atoms with van der Waals surface area (Å²) in [6.45, 7) is 4.02. The van der Waals surface area contributed by atoms with E-state index in [1.165, 1.54) is 11.3 Å². The van der Waals surface area contributed by atoms with Crippen LogP contribution < -0.4 is 15.2 Å². The minimum absolute atomic E-state index is 0.522. The third kappa shape index (κ3) is 2.01. The summed E-state index contributed by atoms with van der Waals surface area (Å²) in [5.74, 6) is 2.17. The van der Waals surface area contributed by atoms with Crippen molar-refractivity contribution in [2.75, 3.05) is 20.0 Å². The van der Waals surface area contributed by atoms with Crippen LogP contribution >= 0.6 is 11.3 Å². The predicted octanol–water partition coefficient (Wildman–Crippen LogP) is 3.03. The molecule has 2 N–H and O–H groups in total. The minimum Gasteiger partial charge on any atom is -0.496 e. The Bertz CT molecular complexity index is 579. The zero-order chi connectivity index (χ0) is 13.3. The second-order valence-corrected chi connectivity index (χ2v) is 4.85. The van der Waals surface area contributed by atoms with Crippen molar-refractivity contribution in [1.29, 1.82) is 0 Å². The van der Waals surface area contributed by atoms with Crippen LogP contribution in [-0.2, 0) is 0 Å². The van der Waals surface area contributed by atoms with Crippen molar-refractivity contribution in [2.24, 2.45) is 0 Å². The van der Waals surface area contributed by atoms with Crippen molar-refractivity contribution in [1.82, 2.24) is 4.98 Å². The van der Waals surface area contributed by atoms with Crippen LogP contribution in [0, 0.1) is 13.8 Å². The van der Waals surface area contributed by atoms with E-state index < -0.39 is 0 Å². The first kappa shape index (κ1) is 12.7. The topological polar surface area (TPSA) is 57.4 Å². The summed E-state index contributed by atoms with van der Waals surface area (Å²) < 4.78 is 10.9. The maximum absolute atomic E-state index is 5.67. The number of rotatable bonds is 3. The molecule has 0 radical (unpaired) electrons. The Hall–Kier alpha value is -1.75. The van der Waals surface area contributed by atoms with Gasteiger partial charge in [0.2, 0.25) is 0 Å². The van der Waals surface area contributed by atoms with Crippen molar-refractivity contribution >= 4 is 17.2 Å². The molecule has 2 aromatic rings. The van der Waals surface area contributed by atoms with E-state index >= 15 is 0 Å². The number of anilines is 1. The van der Waals surface area contributed by atoms with Crippen LogP contribution in [0.15, 0.2) is 11.4 Å². The quantitative estimate of drug-likeness (QED) is 0.925. The lowest BCUT2D eigenvalue weighted by atomic mass is 10.0. The minimum atomic E-state index is 0.522. The number of hydrogen-bond acceptors (Lipinski definition) is 5. The van der Waals surface area contributed by atoms with Gasteiger partial charge in [-0.05, 0) is 31.0 Å². The summed E-state index contributed by atoms with van der Waals surface area (Å²) in [4.78, 5) is 4.30. The van der Waals surface area contributed by atoms with Crippen LogP contribution in [0.3, 0.4) is 0 Å². The number of hydrogen-bond donors (Lipinski definition) is 1. The summed E-state index contributed by atoms with van der Waals surface area (Å²) in [6.07, 6.45) is 0. The maximum atomic E-state index is 5.67. The SMILES string of the molecule is COc1cc(-c2nc(N)cs2)c(OC)c(C)c1C. The smallest absolute Gasteiger partial charge is 0.135 e. The van der Waals surface area contributed by atoms with Crippen LogP contribution in [0.4, 0.5) is 5.82 Å². The normalized spacial score (nSPS) is 10.4. The van der Waals surface area contributed by atoms with Crippen molar-refractivity contribution in [2.45, 2.75) is 13.8 Å². The van der Waals surface area contributed by atoms with Gasteiger partial charge in [0.15, 0.2) is 0 Å². The maximum Gasteiger partial charge on any atom is 0.135 e. The average Bonchev–Trinajstić information content (AvgIpc) is 2.79. The number of nitrogens with zero attached hydrogens (tertiary/aromatic N) is 1. The van der Waals surface area contributed by atoms with Crippen LogP contribution in [0.2, 0.25) is 0 Å². The summed E-state index contributed by atoms with van der Waals surface area (Å²) >= 11 is 1.49. The van der Waals surface area contributed by atoms with Gasteiger partial charge in [-0.1, -0.05) is 0 Å². The first-order valence-corrected chi connectivity index (χ1v) is 6.40. The molecular formula is C13H16N2O2S. The van der Waals surface area contributed by atoms with Crippen LogP contribution in [0.5, 0.6) is 11.5 Å². The molecule has 0 saturated carbocycles. The summed E-state index contributed by atoms with van der Waals surface area (Å²) in [5, 5.41) is 2.65. The highest BCUT2D eigenvalue weighted by Crippen LogP contribution is 2.40. The molecule has 2 rings (SSSR count). The Morgan fingerprint density at radius 1 is 1.17 bits per heavy atom. The highest BCUT2D eigenvalue weighted by molar-refractivity contribution is 7.13. The second-order valence-electron chi connectivity index (χ2n) is 3.99. The summed E-state index contributed by atoms with van der Waals surface area (Å²) in [5.41, 5.74) is 8.72. The molecule has 0 fully saturated rings. The van der Waals surface area contributed by atoms with Crippen LogP contribution in [-0.4, -0.2) is 19.2 Å². The molecular weight excluding hydrogens is 248 g/mol.